The molecule has 0 fully saturated rings. The molecule has 0 aliphatic heterocycles. The predicted octanol–water partition coefficient (Wildman–Crippen LogP) is 0.955. The fraction of sp³-hybridized carbons (Fsp3) is 0.300. The van der Waals surface area contributed by atoms with Crippen LogP contribution in [0.4, 0.5) is 0 Å². The molecule has 92 valence electrons. The molecule has 2 aromatic rings. The molecule has 6 nitrogen and oxygen atoms in total. The van der Waals surface area contributed by atoms with Crippen molar-refractivity contribution >= 4 is 20.9 Å². The summed E-state index contributed by atoms with van der Waals surface area (Å²) < 4.78 is 26.4. The third-order valence-electron chi connectivity index (χ3n) is 2.19. The first-order valence-corrected chi connectivity index (χ1v) is 6.57. The quantitative estimate of drug-likeness (QED) is 0.761. The Labute approximate surface area is 98.7 Å². The van der Waals surface area contributed by atoms with E-state index in [1.54, 1.807) is 19.9 Å². The van der Waals surface area contributed by atoms with Gasteiger partial charge >= 0.3 is 0 Å². The Balaban J connectivity index is 2.64. The van der Waals surface area contributed by atoms with Crippen LogP contribution in [0, 0.1) is 0 Å². The maximum atomic E-state index is 12.0. The molecule has 7 heteroatoms. The summed E-state index contributed by atoms with van der Waals surface area (Å²) in [6, 6.07) is 1.33. The Morgan fingerprint density at radius 1 is 1.47 bits per heavy atom. The third kappa shape index (κ3) is 2.11. The van der Waals surface area contributed by atoms with Crippen molar-refractivity contribution in [1.29, 1.82) is 0 Å². The van der Waals surface area contributed by atoms with E-state index in [9.17, 15) is 13.5 Å². The Hall–Kier alpha value is -1.60. The highest BCUT2D eigenvalue weighted by molar-refractivity contribution is 7.89. The van der Waals surface area contributed by atoms with E-state index in [4.69, 9.17) is 0 Å². The number of hydrogen-bond donors (Lipinski definition) is 3. The topological polar surface area (TPSA) is 95.1 Å². The van der Waals surface area contributed by atoms with Crippen LogP contribution in [0.25, 0.3) is 10.9 Å². The summed E-state index contributed by atoms with van der Waals surface area (Å²) in [5.41, 5.74) is 0.304. The van der Waals surface area contributed by atoms with Crippen molar-refractivity contribution in [2.45, 2.75) is 24.9 Å². The van der Waals surface area contributed by atoms with E-state index in [0.29, 0.717) is 10.9 Å². The van der Waals surface area contributed by atoms with Gasteiger partial charge in [0.15, 0.2) is 5.03 Å². The van der Waals surface area contributed by atoms with Crippen LogP contribution in [0.15, 0.2) is 23.5 Å². The number of rotatable bonds is 3. The summed E-state index contributed by atoms with van der Waals surface area (Å²) in [5, 5.41) is 9.84. The molecule has 0 radical (unpaired) electrons. The Morgan fingerprint density at radius 2 is 2.18 bits per heavy atom. The number of aromatic amines is 1. The molecule has 0 aromatic carbocycles. The lowest BCUT2D eigenvalue weighted by atomic mass is 10.3. The Kier molecular flexibility index (Phi) is 2.80. The summed E-state index contributed by atoms with van der Waals surface area (Å²) in [6.45, 7) is 3.45. The minimum absolute atomic E-state index is 0.00315. The molecule has 2 heterocycles. The second kappa shape index (κ2) is 4.01. The monoisotopic (exact) mass is 255 g/mol. The molecule has 0 saturated heterocycles. The maximum Gasteiger partial charge on any atom is 0.260 e. The first-order valence-electron chi connectivity index (χ1n) is 5.09. The van der Waals surface area contributed by atoms with Gasteiger partial charge in [0, 0.05) is 23.8 Å². The molecule has 2 rings (SSSR count). The van der Waals surface area contributed by atoms with Crippen LogP contribution in [0.3, 0.4) is 0 Å². The second-order valence-corrected chi connectivity index (χ2v) is 5.62. The van der Waals surface area contributed by atoms with Crippen molar-refractivity contribution in [2.75, 3.05) is 0 Å². The molecule has 0 spiro atoms. The lowest BCUT2D eigenvalue weighted by Crippen LogP contribution is -2.31. The van der Waals surface area contributed by atoms with Gasteiger partial charge in [-0.1, -0.05) is 0 Å². The van der Waals surface area contributed by atoms with Crippen molar-refractivity contribution < 1.29 is 13.5 Å². The lowest BCUT2D eigenvalue weighted by molar-refractivity contribution is 0.481. The normalized spacial score (nSPS) is 12.4. The molecule has 2 aromatic heterocycles. The lowest BCUT2D eigenvalue weighted by Gasteiger charge is -2.09. The zero-order chi connectivity index (χ0) is 12.6. The average Bonchev–Trinajstić information content (AvgIpc) is 2.58. The van der Waals surface area contributed by atoms with Crippen molar-refractivity contribution in [1.82, 2.24) is 14.7 Å². The van der Waals surface area contributed by atoms with Gasteiger partial charge in [0.2, 0.25) is 0 Å². The summed E-state index contributed by atoms with van der Waals surface area (Å²) >= 11 is 0. The summed E-state index contributed by atoms with van der Waals surface area (Å²) in [4.78, 5) is 6.56. The molecule has 17 heavy (non-hydrogen) atoms. The standard InChI is InChI=1S/C10H13N3O3S/c1-6(2)13-17(15,16)10-9-7(3-4-11-10)8(14)5-12-9/h3-6,12-14H,1-2H3. The van der Waals surface area contributed by atoms with Gasteiger partial charge < -0.3 is 10.1 Å². The minimum Gasteiger partial charge on any atom is -0.506 e. The first kappa shape index (κ1) is 11.9. The van der Waals surface area contributed by atoms with Crippen LogP contribution in [-0.4, -0.2) is 29.5 Å². The van der Waals surface area contributed by atoms with E-state index < -0.39 is 10.0 Å². The predicted molar refractivity (Wildman–Crippen MR) is 63.2 cm³/mol. The maximum absolute atomic E-state index is 12.0. The van der Waals surface area contributed by atoms with Gasteiger partial charge in [0.05, 0.1) is 5.52 Å². The average molecular weight is 255 g/mol. The molecule has 0 aliphatic rings. The molecule has 0 amide bonds. The number of nitrogens with one attached hydrogen (secondary N) is 2. The molecule has 3 N–H and O–H groups in total. The number of H-pyrrole nitrogens is 1. The van der Waals surface area contributed by atoms with Crippen molar-refractivity contribution in [2.24, 2.45) is 0 Å². The second-order valence-electron chi connectivity index (χ2n) is 3.99. The van der Waals surface area contributed by atoms with Crippen LogP contribution in [-0.2, 0) is 10.0 Å². The number of hydrogen-bond acceptors (Lipinski definition) is 4. The van der Waals surface area contributed by atoms with Crippen LogP contribution >= 0.6 is 0 Å². The van der Waals surface area contributed by atoms with Gasteiger partial charge in [-0.15, -0.1) is 0 Å². The number of aromatic nitrogens is 2. The summed E-state index contributed by atoms with van der Waals surface area (Å²) in [6.07, 6.45) is 2.69. The van der Waals surface area contributed by atoms with E-state index in [2.05, 4.69) is 14.7 Å². The summed E-state index contributed by atoms with van der Waals surface area (Å²) in [7, 11) is -3.68. The molecule has 0 atom stereocenters. The molecular weight excluding hydrogens is 242 g/mol. The highest BCUT2D eigenvalue weighted by Crippen LogP contribution is 2.27. The smallest absolute Gasteiger partial charge is 0.260 e. The number of nitrogens with zero attached hydrogens (tertiary/aromatic N) is 1. The van der Waals surface area contributed by atoms with Gasteiger partial charge in [-0.25, -0.2) is 18.1 Å². The number of pyridine rings is 1. The van der Waals surface area contributed by atoms with Gasteiger partial charge in [0.25, 0.3) is 10.0 Å². The third-order valence-corrected chi connectivity index (χ3v) is 3.79. The first-order chi connectivity index (χ1) is 7.92. The zero-order valence-electron chi connectivity index (χ0n) is 9.43. The van der Waals surface area contributed by atoms with Crippen molar-refractivity contribution in [3.63, 3.8) is 0 Å². The molecule has 0 saturated carbocycles. The van der Waals surface area contributed by atoms with E-state index in [1.807, 2.05) is 0 Å². The number of aromatic hydroxyl groups is 1. The molecular formula is C10H13N3O3S. The zero-order valence-corrected chi connectivity index (χ0v) is 10.2. The SMILES string of the molecule is CC(C)NS(=O)(=O)c1nccc2c(O)c[nH]c12. The fourth-order valence-electron chi connectivity index (χ4n) is 1.58. The largest absolute Gasteiger partial charge is 0.506 e. The van der Waals surface area contributed by atoms with Gasteiger partial charge in [-0.3, -0.25) is 0 Å². The summed E-state index contributed by atoms with van der Waals surface area (Å²) in [5.74, 6) is 0.00315. The van der Waals surface area contributed by atoms with Gasteiger partial charge in [-0.05, 0) is 19.9 Å². The molecule has 0 unspecified atom stereocenters. The van der Waals surface area contributed by atoms with E-state index in [-0.39, 0.29) is 16.8 Å². The van der Waals surface area contributed by atoms with Gasteiger partial charge in [0.1, 0.15) is 5.75 Å². The van der Waals surface area contributed by atoms with Crippen LogP contribution in [0.2, 0.25) is 0 Å². The van der Waals surface area contributed by atoms with Crippen LogP contribution in [0.5, 0.6) is 5.75 Å². The highest BCUT2D eigenvalue weighted by atomic mass is 32.2. The van der Waals surface area contributed by atoms with E-state index in [1.165, 1.54) is 12.4 Å². The van der Waals surface area contributed by atoms with Gasteiger partial charge in [-0.2, -0.15) is 0 Å². The minimum atomic E-state index is -3.68. The van der Waals surface area contributed by atoms with E-state index in [0.717, 1.165) is 0 Å². The number of fused-ring (bicyclic) bond motifs is 1. The van der Waals surface area contributed by atoms with Crippen LogP contribution < -0.4 is 4.72 Å². The highest BCUT2D eigenvalue weighted by Gasteiger charge is 2.21. The Morgan fingerprint density at radius 3 is 2.82 bits per heavy atom. The fourth-order valence-corrected chi connectivity index (χ4v) is 2.95. The molecule has 0 bridgehead atoms. The van der Waals surface area contributed by atoms with Crippen LogP contribution in [0.1, 0.15) is 13.8 Å². The van der Waals surface area contributed by atoms with Crippen molar-refractivity contribution in [3.05, 3.63) is 18.5 Å². The van der Waals surface area contributed by atoms with Crippen molar-refractivity contribution in [3.8, 4) is 5.75 Å². The number of sulfonamides is 1. The van der Waals surface area contributed by atoms with E-state index >= 15 is 0 Å². The molecule has 0 aliphatic carbocycles. The Bertz CT molecular complexity index is 646.